The Morgan fingerprint density at radius 2 is 1.42 bits per heavy atom. The van der Waals surface area contributed by atoms with Crippen molar-refractivity contribution in [2.75, 3.05) is 5.32 Å². The van der Waals surface area contributed by atoms with Crippen molar-refractivity contribution in [3.63, 3.8) is 0 Å². The van der Waals surface area contributed by atoms with E-state index in [1.165, 1.54) is 0 Å². The first-order chi connectivity index (χ1) is 11.8. The molecule has 2 N–H and O–H groups in total. The molecular formula is C15H7ClF7NO2. The summed E-state index contributed by atoms with van der Waals surface area (Å²) in [4.78, 5) is 12.0. The molecule has 0 aliphatic heterocycles. The lowest BCUT2D eigenvalue weighted by atomic mass is 10.1. The lowest BCUT2D eigenvalue weighted by molar-refractivity contribution is -0.143. The van der Waals surface area contributed by atoms with Crippen LogP contribution in [0.25, 0.3) is 0 Å². The Hall–Kier alpha value is -2.49. The number of anilines is 1. The normalized spacial score (nSPS) is 12.2. The smallest absolute Gasteiger partial charge is 0.416 e. The number of aromatic hydroxyl groups is 1. The Kier molecular flexibility index (Phi) is 5.09. The van der Waals surface area contributed by atoms with Crippen molar-refractivity contribution in [1.29, 1.82) is 0 Å². The van der Waals surface area contributed by atoms with Gasteiger partial charge in [0.05, 0.1) is 21.7 Å². The molecule has 140 valence electrons. The fraction of sp³-hybridized carbons (Fsp3) is 0.133. The van der Waals surface area contributed by atoms with E-state index in [0.29, 0.717) is 12.1 Å². The number of hydrogen-bond donors (Lipinski definition) is 2. The summed E-state index contributed by atoms with van der Waals surface area (Å²) in [5.41, 5.74) is -4.73. The summed E-state index contributed by atoms with van der Waals surface area (Å²) in [7, 11) is 0. The van der Waals surface area contributed by atoms with E-state index in [2.05, 4.69) is 0 Å². The number of carbonyl (C=O) groups is 1. The molecule has 0 aliphatic rings. The van der Waals surface area contributed by atoms with Gasteiger partial charge in [0.2, 0.25) is 0 Å². The van der Waals surface area contributed by atoms with Crippen LogP contribution in [0.15, 0.2) is 30.3 Å². The van der Waals surface area contributed by atoms with Crippen LogP contribution < -0.4 is 5.32 Å². The van der Waals surface area contributed by atoms with Crippen LogP contribution in [0, 0.1) is 5.82 Å². The molecule has 2 rings (SSSR count). The standard InChI is InChI=1S/C15H7ClF7NO2/c16-10-4-9(12(25)5-11(10)17)13(26)24-8-2-6(14(18,19)20)1-7(3-8)15(21,22)23/h1-5,25H,(H,24,26). The van der Waals surface area contributed by atoms with Crippen LogP contribution in [-0.4, -0.2) is 11.0 Å². The van der Waals surface area contributed by atoms with Crippen molar-refractivity contribution in [3.05, 3.63) is 57.9 Å². The fourth-order valence-corrected chi connectivity index (χ4v) is 2.11. The lowest BCUT2D eigenvalue weighted by Gasteiger charge is -2.15. The van der Waals surface area contributed by atoms with Gasteiger partial charge in [0.15, 0.2) is 0 Å². The van der Waals surface area contributed by atoms with Gasteiger partial charge in [-0.15, -0.1) is 0 Å². The first kappa shape index (κ1) is 19.8. The zero-order valence-electron chi connectivity index (χ0n) is 12.3. The molecule has 2 aromatic rings. The quantitative estimate of drug-likeness (QED) is 0.655. The van der Waals surface area contributed by atoms with Crippen molar-refractivity contribution < 1.29 is 40.6 Å². The van der Waals surface area contributed by atoms with Crippen LogP contribution in [-0.2, 0) is 12.4 Å². The number of halogens is 8. The van der Waals surface area contributed by atoms with Gasteiger partial charge in [-0.2, -0.15) is 26.3 Å². The number of benzene rings is 2. The molecule has 0 aromatic heterocycles. The Morgan fingerprint density at radius 1 is 0.923 bits per heavy atom. The maximum Gasteiger partial charge on any atom is 0.416 e. The van der Waals surface area contributed by atoms with E-state index in [1.807, 2.05) is 0 Å². The molecule has 0 saturated heterocycles. The maximum absolute atomic E-state index is 13.1. The van der Waals surface area contributed by atoms with Gasteiger partial charge < -0.3 is 10.4 Å². The number of amides is 1. The van der Waals surface area contributed by atoms with Gasteiger partial charge in [-0.3, -0.25) is 4.79 Å². The highest BCUT2D eigenvalue weighted by Crippen LogP contribution is 2.37. The zero-order valence-corrected chi connectivity index (χ0v) is 13.0. The summed E-state index contributed by atoms with van der Waals surface area (Å²) < 4.78 is 89.8. The molecule has 0 saturated carbocycles. The molecular weight excluding hydrogens is 395 g/mol. The lowest BCUT2D eigenvalue weighted by Crippen LogP contribution is -2.16. The monoisotopic (exact) mass is 401 g/mol. The van der Waals surface area contributed by atoms with Gasteiger partial charge in [0.1, 0.15) is 11.6 Å². The second-order valence-electron chi connectivity index (χ2n) is 5.03. The minimum absolute atomic E-state index is 0.109. The van der Waals surface area contributed by atoms with E-state index < -0.39 is 57.2 Å². The highest BCUT2D eigenvalue weighted by atomic mass is 35.5. The number of phenolic OH excluding ortho intramolecular Hbond substituents is 1. The maximum atomic E-state index is 13.1. The van der Waals surface area contributed by atoms with Crippen LogP contribution in [0.2, 0.25) is 5.02 Å². The van der Waals surface area contributed by atoms with Crippen LogP contribution >= 0.6 is 11.6 Å². The molecule has 0 atom stereocenters. The summed E-state index contributed by atoms with van der Waals surface area (Å²) in [6, 6.07) is 1.62. The molecule has 11 heteroatoms. The SMILES string of the molecule is O=C(Nc1cc(C(F)(F)F)cc(C(F)(F)F)c1)c1cc(Cl)c(F)cc1O. The number of phenols is 1. The highest BCUT2D eigenvalue weighted by molar-refractivity contribution is 6.31. The van der Waals surface area contributed by atoms with Crippen LogP contribution in [0.3, 0.4) is 0 Å². The number of alkyl halides is 6. The van der Waals surface area contributed by atoms with Gasteiger partial charge >= 0.3 is 12.4 Å². The Morgan fingerprint density at radius 3 is 1.88 bits per heavy atom. The van der Waals surface area contributed by atoms with Crippen molar-refractivity contribution in [3.8, 4) is 5.75 Å². The first-order valence-corrected chi connectivity index (χ1v) is 6.95. The molecule has 0 aliphatic carbocycles. The van der Waals surface area contributed by atoms with Gasteiger partial charge in [-0.25, -0.2) is 4.39 Å². The number of nitrogens with one attached hydrogen (secondary N) is 1. The van der Waals surface area contributed by atoms with Gasteiger partial charge in [-0.05, 0) is 24.3 Å². The summed E-state index contributed by atoms with van der Waals surface area (Å²) in [5.74, 6) is -3.25. The van der Waals surface area contributed by atoms with Crippen molar-refractivity contribution >= 4 is 23.2 Å². The molecule has 26 heavy (non-hydrogen) atoms. The summed E-state index contributed by atoms with van der Waals surface area (Å²) in [6.07, 6.45) is -10.2. The predicted octanol–water partition coefficient (Wildman–Crippen LogP) is 5.47. The number of carbonyl (C=O) groups excluding carboxylic acids is 1. The van der Waals surface area contributed by atoms with Gasteiger partial charge in [0, 0.05) is 11.8 Å². The minimum atomic E-state index is -5.10. The van der Waals surface area contributed by atoms with Crippen LogP contribution in [0.4, 0.5) is 36.4 Å². The molecule has 0 spiro atoms. The fourth-order valence-electron chi connectivity index (χ4n) is 1.94. The van der Waals surface area contributed by atoms with E-state index in [4.69, 9.17) is 11.6 Å². The molecule has 0 bridgehead atoms. The average molecular weight is 402 g/mol. The largest absolute Gasteiger partial charge is 0.507 e. The molecule has 0 unspecified atom stereocenters. The summed E-state index contributed by atoms with van der Waals surface area (Å²) in [6.45, 7) is 0. The third kappa shape index (κ3) is 4.37. The van der Waals surface area contributed by atoms with E-state index in [0.717, 1.165) is 0 Å². The molecule has 1 amide bonds. The van der Waals surface area contributed by atoms with Crippen LogP contribution in [0.5, 0.6) is 5.75 Å². The minimum Gasteiger partial charge on any atom is -0.507 e. The van der Waals surface area contributed by atoms with Crippen molar-refractivity contribution in [2.24, 2.45) is 0 Å². The summed E-state index contributed by atoms with van der Waals surface area (Å²) in [5, 5.41) is 10.7. The zero-order chi connectivity index (χ0) is 19.9. The molecule has 0 fully saturated rings. The number of hydrogen-bond acceptors (Lipinski definition) is 2. The first-order valence-electron chi connectivity index (χ1n) is 6.58. The second-order valence-corrected chi connectivity index (χ2v) is 5.44. The Balaban J connectivity index is 2.46. The topological polar surface area (TPSA) is 49.3 Å². The Bertz CT molecular complexity index is 830. The van der Waals surface area contributed by atoms with Crippen LogP contribution in [0.1, 0.15) is 21.5 Å². The number of rotatable bonds is 2. The van der Waals surface area contributed by atoms with Crippen molar-refractivity contribution in [2.45, 2.75) is 12.4 Å². The van der Waals surface area contributed by atoms with E-state index in [-0.39, 0.29) is 18.2 Å². The summed E-state index contributed by atoms with van der Waals surface area (Å²) >= 11 is 5.44. The molecule has 0 heterocycles. The second kappa shape index (κ2) is 6.67. The molecule has 0 radical (unpaired) electrons. The predicted molar refractivity (Wildman–Crippen MR) is 77.5 cm³/mol. The molecule has 3 nitrogen and oxygen atoms in total. The highest BCUT2D eigenvalue weighted by Gasteiger charge is 2.37. The Labute approximate surface area is 146 Å². The van der Waals surface area contributed by atoms with E-state index >= 15 is 0 Å². The van der Waals surface area contributed by atoms with Gasteiger partial charge in [-0.1, -0.05) is 11.6 Å². The third-order valence-electron chi connectivity index (χ3n) is 3.13. The molecule has 2 aromatic carbocycles. The van der Waals surface area contributed by atoms with Crippen molar-refractivity contribution in [1.82, 2.24) is 0 Å². The average Bonchev–Trinajstić information content (AvgIpc) is 2.48. The van der Waals surface area contributed by atoms with E-state index in [9.17, 15) is 40.6 Å². The third-order valence-corrected chi connectivity index (χ3v) is 3.42. The van der Waals surface area contributed by atoms with Gasteiger partial charge in [0.25, 0.3) is 5.91 Å². The van der Waals surface area contributed by atoms with E-state index in [1.54, 1.807) is 5.32 Å².